The maximum Gasteiger partial charge on any atom is 0.307 e. The van der Waals surface area contributed by atoms with Gasteiger partial charge in [-0.15, -0.1) is 0 Å². The summed E-state index contributed by atoms with van der Waals surface area (Å²) in [5.74, 6) is -0.765. The third kappa shape index (κ3) is 3.83. The second kappa shape index (κ2) is 6.89. The molecule has 0 bridgehead atoms. The molecule has 110 valence electrons. The van der Waals surface area contributed by atoms with Gasteiger partial charge in [0.2, 0.25) is 0 Å². The molecular weight excluding hydrogens is 250 g/mol. The van der Waals surface area contributed by atoms with Gasteiger partial charge in [0.05, 0.1) is 6.42 Å². The Labute approximate surface area is 121 Å². The summed E-state index contributed by atoms with van der Waals surface area (Å²) in [5, 5.41) is 12.5. The van der Waals surface area contributed by atoms with Crippen LogP contribution < -0.4 is 5.32 Å². The normalized spacial score (nSPS) is 17.2. The molecule has 3 nitrogen and oxygen atoms in total. The van der Waals surface area contributed by atoms with Crippen LogP contribution in [0, 0.1) is 5.41 Å². The van der Waals surface area contributed by atoms with Gasteiger partial charge in [0.15, 0.2) is 0 Å². The van der Waals surface area contributed by atoms with E-state index in [2.05, 4.69) is 12.2 Å². The maximum absolute atomic E-state index is 10.9. The maximum atomic E-state index is 10.9. The fourth-order valence-corrected chi connectivity index (χ4v) is 3.31. The van der Waals surface area contributed by atoms with Crippen molar-refractivity contribution in [2.45, 2.75) is 52.0 Å². The molecular formula is C17H25NO2. The van der Waals surface area contributed by atoms with Crippen molar-refractivity contribution in [2.75, 3.05) is 6.54 Å². The number of rotatable bonds is 7. The highest BCUT2D eigenvalue weighted by Gasteiger charge is 2.31. The van der Waals surface area contributed by atoms with E-state index in [0.717, 1.165) is 24.2 Å². The Balaban J connectivity index is 1.92. The molecule has 0 aliphatic heterocycles. The van der Waals surface area contributed by atoms with E-state index < -0.39 is 5.97 Å². The Kier molecular flexibility index (Phi) is 5.18. The molecule has 0 saturated heterocycles. The summed E-state index contributed by atoms with van der Waals surface area (Å²) in [5.41, 5.74) is 2.51. The second-order valence-electron chi connectivity index (χ2n) is 6.00. The van der Waals surface area contributed by atoms with Crippen LogP contribution in [0.2, 0.25) is 0 Å². The molecule has 2 rings (SSSR count). The standard InChI is InChI=1S/C17H25NO2/c1-2-17(9-5-6-10-17)13-18-12-15-8-4-3-7-14(15)11-16(19)20/h3-4,7-8,18H,2,5-6,9-13H2,1H3,(H,19,20). The van der Waals surface area contributed by atoms with Crippen molar-refractivity contribution in [3.8, 4) is 0 Å². The van der Waals surface area contributed by atoms with Gasteiger partial charge in [0.1, 0.15) is 0 Å². The van der Waals surface area contributed by atoms with Gasteiger partial charge in [-0.25, -0.2) is 0 Å². The minimum atomic E-state index is -0.765. The Bertz CT molecular complexity index is 450. The number of carbonyl (C=O) groups is 1. The first-order valence-electron chi connectivity index (χ1n) is 7.64. The van der Waals surface area contributed by atoms with Crippen LogP contribution in [-0.4, -0.2) is 17.6 Å². The van der Waals surface area contributed by atoms with Crippen LogP contribution in [0.3, 0.4) is 0 Å². The van der Waals surface area contributed by atoms with E-state index in [-0.39, 0.29) is 6.42 Å². The zero-order valence-corrected chi connectivity index (χ0v) is 12.3. The quantitative estimate of drug-likeness (QED) is 0.802. The molecule has 0 amide bonds. The van der Waals surface area contributed by atoms with Gasteiger partial charge in [-0.3, -0.25) is 4.79 Å². The fraction of sp³-hybridized carbons (Fsp3) is 0.588. The Morgan fingerprint density at radius 1 is 1.25 bits per heavy atom. The highest BCUT2D eigenvalue weighted by atomic mass is 16.4. The average Bonchev–Trinajstić information content (AvgIpc) is 2.89. The third-order valence-corrected chi connectivity index (χ3v) is 4.69. The largest absolute Gasteiger partial charge is 0.481 e. The van der Waals surface area contributed by atoms with Crippen LogP contribution in [-0.2, 0) is 17.8 Å². The first-order chi connectivity index (χ1) is 9.65. The Morgan fingerprint density at radius 2 is 1.90 bits per heavy atom. The SMILES string of the molecule is CCC1(CNCc2ccccc2CC(=O)O)CCCC1. The third-order valence-electron chi connectivity index (χ3n) is 4.69. The van der Waals surface area contributed by atoms with E-state index in [0.29, 0.717) is 5.41 Å². The number of nitrogens with one attached hydrogen (secondary N) is 1. The van der Waals surface area contributed by atoms with Crippen LogP contribution >= 0.6 is 0 Å². The highest BCUT2D eigenvalue weighted by Crippen LogP contribution is 2.40. The van der Waals surface area contributed by atoms with Crippen molar-refractivity contribution in [2.24, 2.45) is 5.41 Å². The molecule has 1 aromatic carbocycles. The average molecular weight is 275 g/mol. The van der Waals surface area contributed by atoms with Crippen molar-refractivity contribution >= 4 is 5.97 Å². The Hall–Kier alpha value is -1.35. The van der Waals surface area contributed by atoms with Crippen molar-refractivity contribution in [3.63, 3.8) is 0 Å². The van der Waals surface area contributed by atoms with Gasteiger partial charge in [-0.05, 0) is 35.8 Å². The smallest absolute Gasteiger partial charge is 0.307 e. The summed E-state index contributed by atoms with van der Waals surface area (Å²) in [6.07, 6.45) is 6.70. The monoisotopic (exact) mass is 275 g/mol. The summed E-state index contributed by atoms with van der Waals surface area (Å²) in [6, 6.07) is 7.83. The van der Waals surface area contributed by atoms with Crippen LogP contribution in [0.4, 0.5) is 0 Å². The van der Waals surface area contributed by atoms with Crippen molar-refractivity contribution in [3.05, 3.63) is 35.4 Å². The molecule has 0 spiro atoms. The molecule has 0 unspecified atom stereocenters. The number of hydrogen-bond acceptors (Lipinski definition) is 2. The van der Waals surface area contributed by atoms with Gasteiger partial charge in [0.25, 0.3) is 0 Å². The summed E-state index contributed by atoms with van der Waals surface area (Å²) in [6.45, 7) is 4.10. The fourth-order valence-electron chi connectivity index (χ4n) is 3.31. The molecule has 1 fully saturated rings. The van der Waals surface area contributed by atoms with E-state index in [1.54, 1.807) is 0 Å². The van der Waals surface area contributed by atoms with E-state index in [1.807, 2.05) is 24.3 Å². The molecule has 2 N–H and O–H groups in total. The van der Waals surface area contributed by atoms with Crippen LogP contribution in [0.5, 0.6) is 0 Å². The van der Waals surface area contributed by atoms with Crippen LogP contribution in [0.15, 0.2) is 24.3 Å². The predicted molar refractivity (Wildman–Crippen MR) is 80.7 cm³/mol. The van der Waals surface area contributed by atoms with Crippen molar-refractivity contribution < 1.29 is 9.90 Å². The van der Waals surface area contributed by atoms with E-state index in [1.165, 1.54) is 32.1 Å². The summed E-state index contributed by atoms with van der Waals surface area (Å²) in [7, 11) is 0. The first-order valence-corrected chi connectivity index (χ1v) is 7.64. The van der Waals surface area contributed by atoms with Crippen LogP contribution in [0.25, 0.3) is 0 Å². The van der Waals surface area contributed by atoms with Gasteiger partial charge >= 0.3 is 5.97 Å². The van der Waals surface area contributed by atoms with E-state index in [9.17, 15) is 4.79 Å². The number of carboxylic acid groups (broad SMARTS) is 1. The van der Waals surface area contributed by atoms with Gasteiger partial charge in [-0.1, -0.05) is 44.0 Å². The predicted octanol–water partition coefficient (Wildman–Crippen LogP) is 3.37. The zero-order chi connectivity index (χ0) is 14.4. The summed E-state index contributed by atoms with van der Waals surface area (Å²) < 4.78 is 0. The molecule has 1 aliphatic carbocycles. The van der Waals surface area contributed by atoms with Crippen molar-refractivity contribution in [1.29, 1.82) is 0 Å². The molecule has 1 aromatic rings. The number of aliphatic carboxylic acids is 1. The molecule has 20 heavy (non-hydrogen) atoms. The van der Waals surface area contributed by atoms with Crippen molar-refractivity contribution in [1.82, 2.24) is 5.32 Å². The number of hydrogen-bond donors (Lipinski definition) is 2. The van der Waals surface area contributed by atoms with Gasteiger partial charge < -0.3 is 10.4 Å². The minimum absolute atomic E-state index is 0.108. The topological polar surface area (TPSA) is 49.3 Å². The summed E-state index contributed by atoms with van der Waals surface area (Å²) in [4.78, 5) is 10.9. The number of benzene rings is 1. The summed E-state index contributed by atoms with van der Waals surface area (Å²) >= 11 is 0. The molecule has 0 radical (unpaired) electrons. The molecule has 0 aromatic heterocycles. The number of carboxylic acids is 1. The van der Waals surface area contributed by atoms with E-state index in [4.69, 9.17) is 5.11 Å². The lowest BCUT2D eigenvalue weighted by Gasteiger charge is -2.28. The van der Waals surface area contributed by atoms with Gasteiger partial charge in [-0.2, -0.15) is 0 Å². The lowest BCUT2D eigenvalue weighted by molar-refractivity contribution is -0.136. The van der Waals surface area contributed by atoms with E-state index >= 15 is 0 Å². The lowest BCUT2D eigenvalue weighted by Crippen LogP contribution is -2.31. The molecule has 1 aliphatic rings. The molecule has 0 atom stereocenters. The lowest BCUT2D eigenvalue weighted by atomic mass is 9.83. The Morgan fingerprint density at radius 3 is 2.50 bits per heavy atom. The molecule has 1 saturated carbocycles. The zero-order valence-electron chi connectivity index (χ0n) is 12.3. The van der Waals surface area contributed by atoms with Crippen LogP contribution in [0.1, 0.15) is 50.2 Å². The minimum Gasteiger partial charge on any atom is -0.481 e. The highest BCUT2D eigenvalue weighted by molar-refractivity contribution is 5.70. The second-order valence-corrected chi connectivity index (χ2v) is 6.00. The molecule has 0 heterocycles. The van der Waals surface area contributed by atoms with Gasteiger partial charge in [0, 0.05) is 13.1 Å². The first kappa shape index (κ1) is 15.0. The molecule has 3 heteroatoms.